The number of benzene rings is 2. The summed E-state index contributed by atoms with van der Waals surface area (Å²) in [4.78, 5) is 17.7. The number of hydrogen-bond donors (Lipinski definition) is 2. The van der Waals surface area contributed by atoms with Gasteiger partial charge in [-0.25, -0.2) is 13.1 Å². The number of nitrogens with zero attached hydrogens (tertiary/aromatic N) is 3. The fraction of sp³-hybridized carbons (Fsp3) is 0.375. The van der Waals surface area contributed by atoms with Crippen LogP contribution in [0.5, 0.6) is 5.75 Å². The van der Waals surface area contributed by atoms with Crippen LogP contribution in [0.2, 0.25) is 0 Å². The summed E-state index contributed by atoms with van der Waals surface area (Å²) in [6, 6.07) is 10.5. The smallest absolute Gasteiger partial charge is 0.258 e. The van der Waals surface area contributed by atoms with E-state index in [1.165, 1.54) is 19.0 Å². The number of fused-ring (bicyclic) bond motifs is 1. The molecular weight excluding hydrogens is 470 g/mol. The molecule has 10 nitrogen and oxygen atoms in total. The van der Waals surface area contributed by atoms with Crippen molar-refractivity contribution in [1.82, 2.24) is 19.8 Å². The fourth-order valence-electron chi connectivity index (χ4n) is 4.03. The van der Waals surface area contributed by atoms with Gasteiger partial charge < -0.3 is 19.9 Å². The Morgan fingerprint density at radius 1 is 1.29 bits per heavy atom. The second-order valence-corrected chi connectivity index (χ2v) is 10.7. The van der Waals surface area contributed by atoms with E-state index in [4.69, 9.17) is 15.0 Å². The lowest BCUT2D eigenvalue weighted by Crippen LogP contribution is -2.37. The quantitative estimate of drug-likeness (QED) is 0.451. The first kappa shape index (κ1) is 24.7. The van der Waals surface area contributed by atoms with E-state index in [0.29, 0.717) is 41.6 Å². The van der Waals surface area contributed by atoms with Gasteiger partial charge in [0.15, 0.2) is 0 Å². The Labute approximate surface area is 204 Å². The minimum Gasteiger partial charge on any atom is -0.489 e. The van der Waals surface area contributed by atoms with E-state index in [1.807, 2.05) is 32.0 Å². The van der Waals surface area contributed by atoms with Crippen molar-refractivity contribution in [3.8, 4) is 28.6 Å². The fourth-order valence-corrected chi connectivity index (χ4v) is 5.37. The topological polar surface area (TPSA) is 141 Å². The normalized spacial score (nSPS) is 15.3. The van der Waals surface area contributed by atoms with Crippen LogP contribution in [0.4, 0.5) is 5.69 Å². The summed E-state index contributed by atoms with van der Waals surface area (Å²) >= 11 is 0. The Hall–Kier alpha value is -3.44. The number of sulfonamides is 1. The molecule has 0 fully saturated rings. The zero-order chi connectivity index (χ0) is 25.3. The minimum atomic E-state index is -3.79. The van der Waals surface area contributed by atoms with Crippen LogP contribution in [0, 0.1) is 0 Å². The lowest BCUT2D eigenvalue weighted by Gasteiger charge is -2.16. The number of anilines is 1. The second kappa shape index (κ2) is 9.67. The van der Waals surface area contributed by atoms with E-state index >= 15 is 0 Å². The van der Waals surface area contributed by atoms with Crippen molar-refractivity contribution in [2.24, 2.45) is 0 Å². The van der Waals surface area contributed by atoms with Crippen LogP contribution < -0.4 is 15.2 Å². The monoisotopic (exact) mass is 499 g/mol. The van der Waals surface area contributed by atoms with Crippen molar-refractivity contribution >= 4 is 21.6 Å². The van der Waals surface area contributed by atoms with Gasteiger partial charge in [0, 0.05) is 31.3 Å². The van der Waals surface area contributed by atoms with Crippen molar-refractivity contribution in [2.45, 2.75) is 38.8 Å². The van der Waals surface area contributed by atoms with E-state index in [2.05, 4.69) is 14.9 Å². The molecule has 1 atom stereocenters. The number of rotatable bonds is 8. The van der Waals surface area contributed by atoms with Crippen molar-refractivity contribution in [3.05, 3.63) is 47.5 Å². The summed E-state index contributed by atoms with van der Waals surface area (Å²) < 4.78 is 38.9. The number of ether oxygens (including phenoxy) is 1. The third-order valence-corrected chi connectivity index (χ3v) is 6.96. The number of nitrogen functional groups attached to an aromatic ring is 1. The van der Waals surface area contributed by atoms with Crippen molar-refractivity contribution in [2.75, 3.05) is 25.6 Å². The molecule has 0 saturated carbocycles. The summed E-state index contributed by atoms with van der Waals surface area (Å²) in [5.41, 5.74) is 9.82. The van der Waals surface area contributed by atoms with E-state index in [0.717, 1.165) is 16.7 Å². The minimum absolute atomic E-state index is 0.0000999. The number of nitrogens with two attached hydrogens (primary N) is 1. The molecule has 35 heavy (non-hydrogen) atoms. The maximum Gasteiger partial charge on any atom is 0.258 e. The first-order chi connectivity index (χ1) is 16.5. The predicted octanol–water partition coefficient (Wildman–Crippen LogP) is 2.77. The van der Waals surface area contributed by atoms with Gasteiger partial charge in [0.25, 0.3) is 5.89 Å². The lowest BCUT2D eigenvalue weighted by atomic mass is 10.0. The Bertz CT molecular complexity index is 1350. The first-order valence-corrected chi connectivity index (χ1v) is 12.9. The zero-order valence-electron chi connectivity index (χ0n) is 20.1. The van der Waals surface area contributed by atoms with Crippen LogP contribution in [0.1, 0.15) is 37.4 Å². The van der Waals surface area contributed by atoms with Crippen molar-refractivity contribution in [3.63, 3.8) is 0 Å². The maximum absolute atomic E-state index is 12.5. The Morgan fingerprint density at radius 2 is 2.06 bits per heavy atom. The zero-order valence-corrected chi connectivity index (χ0v) is 20.9. The average Bonchev–Trinajstić information content (AvgIpc) is 3.42. The van der Waals surface area contributed by atoms with Crippen molar-refractivity contribution < 1.29 is 22.5 Å². The van der Waals surface area contributed by atoms with Crippen LogP contribution in [-0.2, 0) is 21.2 Å². The average molecular weight is 500 g/mol. The second-order valence-electron chi connectivity index (χ2n) is 8.97. The summed E-state index contributed by atoms with van der Waals surface area (Å²) in [5, 5.41) is 4.15. The largest absolute Gasteiger partial charge is 0.489 e. The van der Waals surface area contributed by atoms with Gasteiger partial charge in [-0.15, -0.1) is 0 Å². The molecule has 0 radical (unpaired) electrons. The van der Waals surface area contributed by atoms with Gasteiger partial charge in [-0.1, -0.05) is 23.4 Å². The van der Waals surface area contributed by atoms with Crippen LogP contribution >= 0.6 is 0 Å². The Kier molecular flexibility index (Phi) is 6.82. The van der Waals surface area contributed by atoms with Crippen LogP contribution in [0.15, 0.2) is 40.9 Å². The highest BCUT2D eigenvalue weighted by Gasteiger charge is 2.30. The van der Waals surface area contributed by atoms with Gasteiger partial charge in [-0.3, -0.25) is 4.79 Å². The highest BCUT2D eigenvalue weighted by molar-refractivity contribution is 7.90. The third kappa shape index (κ3) is 5.46. The molecule has 0 aliphatic heterocycles. The van der Waals surface area contributed by atoms with Crippen LogP contribution in [0.25, 0.3) is 22.8 Å². The van der Waals surface area contributed by atoms with Gasteiger partial charge in [-0.05, 0) is 56.0 Å². The SMILES string of the molecule is CC(C)Oc1ccc(-c2nc(-c3cccc4c3CC[C@H]4NS(=O)(=O)CC(=O)N(C)C)no2)cc1N. The lowest BCUT2D eigenvalue weighted by molar-refractivity contribution is -0.125. The standard InChI is InChI=1S/C24H29N5O5S/c1-14(2)33-21-11-8-15(12-19(21)25)24-26-23(27-34-24)18-7-5-6-17-16(18)9-10-20(17)28-35(31,32)13-22(30)29(3)4/h5-8,11-12,14,20,28H,9-10,13,25H2,1-4H3/t20-/m1/s1. The van der Waals surface area contributed by atoms with E-state index in [9.17, 15) is 13.2 Å². The molecule has 3 N–H and O–H groups in total. The van der Waals surface area contributed by atoms with Gasteiger partial charge in [0.1, 0.15) is 11.5 Å². The summed E-state index contributed by atoms with van der Waals surface area (Å²) in [7, 11) is -0.742. The molecule has 4 rings (SSSR count). The number of carbonyl (C=O) groups is 1. The molecule has 3 aromatic rings. The van der Waals surface area contributed by atoms with E-state index in [1.54, 1.807) is 18.2 Å². The van der Waals surface area contributed by atoms with Crippen LogP contribution in [0.3, 0.4) is 0 Å². The molecule has 0 saturated heterocycles. The number of amides is 1. The molecule has 0 spiro atoms. The molecule has 0 unspecified atom stereocenters. The highest BCUT2D eigenvalue weighted by Crippen LogP contribution is 2.38. The molecule has 2 aromatic carbocycles. The maximum atomic E-state index is 12.5. The predicted molar refractivity (Wildman–Crippen MR) is 132 cm³/mol. The molecule has 1 aliphatic rings. The molecule has 11 heteroatoms. The number of aromatic nitrogens is 2. The summed E-state index contributed by atoms with van der Waals surface area (Å²) in [6.45, 7) is 3.85. The molecule has 1 aromatic heterocycles. The van der Waals surface area contributed by atoms with Gasteiger partial charge >= 0.3 is 0 Å². The molecule has 186 valence electrons. The summed E-state index contributed by atoms with van der Waals surface area (Å²) in [6.07, 6.45) is 1.21. The first-order valence-electron chi connectivity index (χ1n) is 11.3. The molecular formula is C24H29N5O5S. The summed E-state index contributed by atoms with van der Waals surface area (Å²) in [5.74, 6) is 0.240. The number of nitrogens with one attached hydrogen (secondary N) is 1. The highest BCUT2D eigenvalue weighted by atomic mass is 32.2. The molecule has 1 heterocycles. The Morgan fingerprint density at radius 3 is 2.74 bits per heavy atom. The Balaban J connectivity index is 1.57. The van der Waals surface area contributed by atoms with E-state index in [-0.39, 0.29) is 6.10 Å². The van der Waals surface area contributed by atoms with Gasteiger partial charge in [-0.2, -0.15) is 4.98 Å². The number of hydrogen-bond acceptors (Lipinski definition) is 8. The van der Waals surface area contributed by atoms with Gasteiger partial charge in [0.2, 0.25) is 21.8 Å². The third-order valence-electron chi connectivity index (χ3n) is 5.69. The molecule has 1 amide bonds. The van der Waals surface area contributed by atoms with Crippen molar-refractivity contribution in [1.29, 1.82) is 0 Å². The number of carbonyl (C=O) groups excluding carboxylic acids is 1. The molecule has 0 bridgehead atoms. The van der Waals surface area contributed by atoms with Crippen LogP contribution in [-0.4, -0.2) is 55.3 Å². The molecule has 1 aliphatic carbocycles. The van der Waals surface area contributed by atoms with Gasteiger partial charge in [0.05, 0.1) is 11.8 Å². The van der Waals surface area contributed by atoms with E-state index < -0.39 is 27.7 Å².